The van der Waals surface area contributed by atoms with Crippen LogP contribution in [-0.4, -0.2) is 48.5 Å². The first-order chi connectivity index (χ1) is 16.1. The van der Waals surface area contributed by atoms with E-state index in [-0.39, 0.29) is 11.5 Å². The minimum absolute atomic E-state index is 0.246. The van der Waals surface area contributed by atoms with E-state index in [2.05, 4.69) is 46.9 Å². The monoisotopic (exact) mass is 482 g/mol. The van der Waals surface area contributed by atoms with Crippen LogP contribution in [0.4, 0.5) is 6.01 Å². The van der Waals surface area contributed by atoms with Gasteiger partial charge in [0.1, 0.15) is 11.4 Å². The van der Waals surface area contributed by atoms with Crippen molar-refractivity contribution in [2.24, 2.45) is 5.92 Å². The fraction of sp³-hybridized carbons (Fsp3) is 0.480. The molecule has 0 bridgehead atoms. The molecule has 2 aromatic heterocycles. The van der Waals surface area contributed by atoms with E-state index < -0.39 is 9.84 Å². The number of rotatable bonds is 5. The molecule has 2 aliphatic heterocycles. The predicted molar refractivity (Wildman–Crippen MR) is 129 cm³/mol. The van der Waals surface area contributed by atoms with Gasteiger partial charge in [-0.05, 0) is 38.0 Å². The zero-order valence-corrected chi connectivity index (χ0v) is 20.8. The number of benzene rings is 1. The number of anilines is 1. The molecule has 0 radical (unpaired) electrons. The Hall–Kier alpha value is -2.94. The minimum Gasteiger partial charge on any atom is -0.485 e. The van der Waals surface area contributed by atoms with Gasteiger partial charge in [0.25, 0.3) is 0 Å². The maximum atomic E-state index is 11.7. The predicted octanol–water partition coefficient (Wildman–Crippen LogP) is 4.27. The standard InChI is InChI=1S/C25H30N4O4S/c1-16(2)23-27-24(33-28-23)29-11-9-19(10-12-29)25(3)14-18-13-21(26-15-22(18)32-25)17-5-7-20(8-6-17)34(4,30)31/h5-8,13,15-16,19H,9-12,14H2,1-4H3. The quantitative estimate of drug-likeness (QED) is 0.532. The van der Waals surface area contributed by atoms with Crippen molar-refractivity contribution in [2.75, 3.05) is 24.2 Å². The number of nitrogens with zero attached hydrogens (tertiary/aromatic N) is 4. The summed E-state index contributed by atoms with van der Waals surface area (Å²) >= 11 is 0. The van der Waals surface area contributed by atoms with Crippen LogP contribution in [0.3, 0.4) is 0 Å². The average Bonchev–Trinajstić information content (AvgIpc) is 3.43. The Morgan fingerprint density at radius 1 is 1.15 bits per heavy atom. The van der Waals surface area contributed by atoms with E-state index in [0.29, 0.717) is 16.8 Å². The zero-order chi connectivity index (χ0) is 24.1. The number of fused-ring (bicyclic) bond motifs is 1. The van der Waals surface area contributed by atoms with Gasteiger partial charge in [-0.15, -0.1) is 0 Å². The van der Waals surface area contributed by atoms with Gasteiger partial charge in [0.2, 0.25) is 0 Å². The molecule has 8 nitrogen and oxygen atoms in total. The van der Waals surface area contributed by atoms with E-state index >= 15 is 0 Å². The molecule has 0 saturated carbocycles. The van der Waals surface area contributed by atoms with Crippen LogP contribution in [0, 0.1) is 5.92 Å². The summed E-state index contributed by atoms with van der Waals surface area (Å²) in [7, 11) is -3.22. The third-order valence-electron chi connectivity index (χ3n) is 6.99. The summed E-state index contributed by atoms with van der Waals surface area (Å²) in [6.45, 7) is 8.02. The van der Waals surface area contributed by atoms with Gasteiger partial charge in [0.15, 0.2) is 15.7 Å². The molecular weight excluding hydrogens is 452 g/mol. The highest BCUT2D eigenvalue weighted by Gasteiger charge is 2.43. The van der Waals surface area contributed by atoms with Gasteiger partial charge >= 0.3 is 6.01 Å². The van der Waals surface area contributed by atoms with Crippen molar-refractivity contribution in [1.82, 2.24) is 15.1 Å². The third-order valence-corrected chi connectivity index (χ3v) is 8.12. The van der Waals surface area contributed by atoms with Crippen LogP contribution in [0.2, 0.25) is 0 Å². The van der Waals surface area contributed by atoms with E-state index in [0.717, 1.165) is 60.7 Å². The van der Waals surface area contributed by atoms with E-state index in [4.69, 9.17) is 9.26 Å². The summed E-state index contributed by atoms with van der Waals surface area (Å²) in [6.07, 6.45) is 5.79. The largest absolute Gasteiger partial charge is 0.485 e. The molecule has 0 amide bonds. The Kier molecular flexibility index (Phi) is 5.62. The molecule has 0 spiro atoms. The van der Waals surface area contributed by atoms with Gasteiger partial charge in [-0.2, -0.15) is 4.98 Å². The SMILES string of the molecule is CC(C)c1noc(N2CCC(C3(C)Cc4cc(-c5ccc(S(C)(=O)=O)cc5)ncc4O3)CC2)n1. The first-order valence-electron chi connectivity index (χ1n) is 11.7. The van der Waals surface area contributed by atoms with E-state index in [1.54, 1.807) is 30.5 Å². The Labute approximate surface area is 200 Å². The van der Waals surface area contributed by atoms with Crippen molar-refractivity contribution in [1.29, 1.82) is 0 Å². The molecule has 34 heavy (non-hydrogen) atoms. The molecular formula is C25H30N4O4S. The highest BCUT2D eigenvalue weighted by Crippen LogP contribution is 2.43. The van der Waals surface area contributed by atoms with E-state index in [1.807, 2.05) is 0 Å². The lowest BCUT2D eigenvalue weighted by atomic mass is 9.79. The number of pyridine rings is 1. The normalized spacial score (nSPS) is 21.0. The van der Waals surface area contributed by atoms with Crippen LogP contribution in [0.5, 0.6) is 5.75 Å². The highest BCUT2D eigenvalue weighted by molar-refractivity contribution is 7.90. The molecule has 4 heterocycles. The van der Waals surface area contributed by atoms with Gasteiger partial charge < -0.3 is 14.2 Å². The first kappa shape index (κ1) is 22.8. The zero-order valence-electron chi connectivity index (χ0n) is 20.0. The lowest BCUT2D eigenvalue weighted by Gasteiger charge is -2.39. The van der Waals surface area contributed by atoms with Gasteiger partial charge in [0.05, 0.1) is 16.8 Å². The topological polar surface area (TPSA) is 98.4 Å². The summed E-state index contributed by atoms with van der Waals surface area (Å²) in [5, 5.41) is 4.09. The number of piperidine rings is 1. The second kappa shape index (κ2) is 8.37. The molecule has 1 saturated heterocycles. The Morgan fingerprint density at radius 2 is 1.85 bits per heavy atom. The van der Waals surface area contributed by atoms with Crippen molar-refractivity contribution in [3.05, 3.63) is 47.9 Å². The average molecular weight is 483 g/mol. The van der Waals surface area contributed by atoms with Crippen molar-refractivity contribution in [2.45, 2.75) is 56.4 Å². The highest BCUT2D eigenvalue weighted by atomic mass is 32.2. The fourth-order valence-corrected chi connectivity index (χ4v) is 5.54. The van der Waals surface area contributed by atoms with Gasteiger partial charge in [-0.25, -0.2) is 8.42 Å². The van der Waals surface area contributed by atoms with Gasteiger partial charge in [0, 0.05) is 48.7 Å². The summed E-state index contributed by atoms with van der Waals surface area (Å²) in [5.74, 6) is 2.23. The van der Waals surface area contributed by atoms with Crippen molar-refractivity contribution in [3.63, 3.8) is 0 Å². The first-order valence-corrected chi connectivity index (χ1v) is 13.6. The Morgan fingerprint density at radius 3 is 2.47 bits per heavy atom. The summed E-state index contributed by atoms with van der Waals surface area (Å²) < 4.78 is 35.4. The van der Waals surface area contributed by atoms with Crippen LogP contribution >= 0.6 is 0 Å². The maximum absolute atomic E-state index is 11.7. The minimum atomic E-state index is -3.22. The van der Waals surface area contributed by atoms with E-state index in [1.165, 1.54) is 6.26 Å². The lowest BCUT2D eigenvalue weighted by Crippen LogP contribution is -2.46. The molecule has 2 aliphatic rings. The fourth-order valence-electron chi connectivity index (χ4n) is 4.91. The van der Waals surface area contributed by atoms with Crippen LogP contribution in [-0.2, 0) is 16.3 Å². The van der Waals surface area contributed by atoms with Crippen molar-refractivity contribution < 1.29 is 17.7 Å². The maximum Gasteiger partial charge on any atom is 0.324 e. The number of aromatic nitrogens is 3. The van der Waals surface area contributed by atoms with Gasteiger partial charge in [-0.1, -0.05) is 31.1 Å². The van der Waals surface area contributed by atoms with Gasteiger partial charge in [-0.3, -0.25) is 4.98 Å². The van der Waals surface area contributed by atoms with Crippen molar-refractivity contribution >= 4 is 15.9 Å². The van der Waals surface area contributed by atoms with Crippen LogP contribution in [0.15, 0.2) is 45.9 Å². The second-order valence-electron chi connectivity index (χ2n) is 9.92. The molecule has 1 atom stereocenters. The van der Waals surface area contributed by atoms with Crippen LogP contribution in [0.1, 0.15) is 50.9 Å². The lowest BCUT2D eigenvalue weighted by molar-refractivity contribution is 0.0343. The molecule has 1 fully saturated rings. The Bertz CT molecular complexity index is 1290. The number of hydrogen-bond acceptors (Lipinski definition) is 8. The second-order valence-corrected chi connectivity index (χ2v) is 11.9. The molecule has 0 N–H and O–H groups in total. The molecule has 5 rings (SSSR count). The Balaban J connectivity index is 1.27. The summed E-state index contributed by atoms with van der Waals surface area (Å²) in [4.78, 5) is 11.6. The molecule has 9 heteroatoms. The molecule has 1 unspecified atom stereocenters. The van der Waals surface area contributed by atoms with Crippen LogP contribution in [0.25, 0.3) is 11.3 Å². The number of sulfone groups is 1. The van der Waals surface area contributed by atoms with Crippen LogP contribution < -0.4 is 9.64 Å². The van der Waals surface area contributed by atoms with E-state index in [9.17, 15) is 8.42 Å². The smallest absolute Gasteiger partial charge is 0.324 e. The number of hydrogen-bond donors (Lipinski definition) is 0. The molecule has 0 aliphatic carbocycles. The molecule has 3 aromatic rings. The third kappa shape index (κ3) is 4.29. The molecule has 1 aromatic carbocycles. The molecule has 180 valence electrons. The summed E-state index contributed by atoms with van der Waals surface area (Å²) in [6, 6.07) is 9.54. The number of ether oxygens (including phenoxy) is 1. The van der Waals surface area contributed by atoms with Crippen molar-refractivity contribution in [3.8, 4) is 17.0 Å². The summed E-state index contributed by atoms with van der Waals surface area (Å²) in [5.41, 5.74) is 2.56.